The first-order chi connectivity index (χ1) is 20.6. The number of fused-ring (bicyclic) bond motifs is 1. The van der Waals surface area contributed by atoms with Gasteiger partial charge >= 0.3 is 0 Å². The van der Waals surface area contributed by atoms with Gasteiger partial charge in [-0.05, 0) is 110 Å². The second kappa shape index (κ2) is 13.2. The Balaban J connectivity index is 1.20. The second-order valence-electron chi connectivity index (χ2n) is 11.1. The highest BCUT2D eigenvalue weighted by atomic mass is 19.1. The maximum Gasteiger partial charge on any atom is 0.189 e. The first-order valence-corrected chi connectivity index (χ1v) is 15.0. The number of Topliss-reactive ketones (excluding diaryl/α,β-unsaturated/α-hetero) is 1. The van der Waals surface area contributed by atoms with E-state index in [2.05, 4.69) is 16.3 Å². The van der Waals surface area contributed by atoms with E-state index < -0.39 is 6.04 Å². The standard InChI is InChI=1S/C36H37FN2O3/c37-29-11-13-31(14-12-29)39-22-19-28-24-33(42-25-26-6-2-1-3-7-26)17-18-34(28)35(39)36(40)27-9-15-32(16-10-27)41-23-20-30-8-4-5-21-38-30/h1-3,6-7,9-18,24,30,35,38H,4-5,8,19-23,25H2. The van der Waals surface area contributed by atoms with Crippen LogP contribution >= 0.6 is 0 Å². The molecule has 6 heteroatoms. The summed E-state index contributed by atoms with van der Waals surface area (Å²) in [6.45, 7) is 2.85. The number of anilines is 1. The predicted octanol–water partition coefficient (Wildman–Crippen LogP) is 7.30. The van der Waals surface area contributed by atoms with Crippen molar-refractivity contribution in [2.45, 2.75) is 50.8 Å². The largest absolute Gasteiger partial charge is 0.494 e. The third-order valence-electron chi connectivity index (χ3n) is 8.28. The highest BCUT2D eigenvalue weighted by molar-refractivity contribution is 6.03. The second-order valence-corrected chi connectivity index (χ2v) is 11.1. The summed E-state index contributed by atoms with van der Waals surface area (Å²) in [6, 6.07) is 29.9. The fraction of sp³-hybridized carbons (Fsp3) is 0.306. The molecule has 0 spiro atoms. The van der Waals surface area contributed by atoms with Gasteiger partial charge in [0.05, 0.1) is 6.61 Å². The van der Waals surface area contributed by atoms with Gasteiger partial charge in [0.15, 0.2) is 5.78 Å². The quantitative estimate of drug-likeness (QED) is 0.205. The summed E-state index contributed by atoms with van der Waals surface area (Å²) in [4.78, 5) is 16.2. The minimum atomic E-state index is -0.536. The lowest BCUT2D eigenvalue weighted by Crippen LogP contribution is -2.40. The molecule has 0 bridgehead atoms. The molecular weight excluding hydrogens is 527 g/mol. The van der Waals surface area contributed by atoms with Gasteiger partial charge in [-0.2, -0.15) is 0 Å². The van der Waals surface area contributed by atoms with Crippen LogP contribution in [0.25, 0.3) is 0 Å². The third-order valence-corrected chi connectivity index (χ3v) is 8.28. The number of benzene rings is 4. The average Bonchev–Trinajstić information content (AvgIpc) is 3.04. The molecule has 0 amide bonds. The van der Waals surface area contributed by atoms with Crippen molar-refractivity contribution < 1.29 is 18.7 Å². The van der Waals surface area contributed by atoms with Crippen LogP contribution in [-0.2, 0) is 13.0 Å². The van der Waals surface area contributed by atoms with Crippen molar-refractivity contribution in [3.05, 3.63) is 125 Å². The van der Waals surface area contributed by atoms with Crippen molar-refractivity contribution in [2.75, 3.05) is 24.6 Å². The fourth-order valence-electron chi connectivity index (χ4n) is 5.99. The van der Waals surface area contributed by atoms with Gasteiger partial charge in [0.1, 0.15) is 30.0 Å². The molecule has 0 aliphatic carbocycles. The first kappa shape index (κ1) is 28.0. The van der Waals surface area contributed by atoms with Crippen molar-refractivity contribution in [2.24, 2.45) is 0 Å². The summed E-state index contributed by atoms with van der Waals surface area (Å²) in [5.74, 6) is 1.25. The number of rotatable bonds is 10. The lowest BCUT2D eigenvalue weighted by molar-refractivity contribution is 0.0954. The number of ketones is 1. The summed E-state index contributed by atoms with van der Waals surface area (Å²) in [5.41, 5.74) is 4.58. The van der Waals surface area contributed by atoms with E-state index in [9.17, 15) is 9.18 Å². The van der Waals surface area contributed by atoms with Crippen LogP contribution in [0.4, 0.5) is 10.1 Å². The molecule has 1 fully saturated rings. The van der Waals surface area contributed by atoms with Crippen LogP contribution < -0.4 is 19.7 Å². The number of ether oxygens (including phenoxy) is 2. The molecule has 1 saturated heterocycles. The topological polar surface area (TPSA) is 50.8 Å². The van der Waals surface area contributed by atoms with Crippen molar-refractivity contribution in [3.8, 4) is 11.5 Å². The molecule has 2 unspecified atom stereocenters. The number of piperidine rings is 1. The summed E-state index contributed by atoms with van der Waals surface area (Å²) >= 11 is 0. The number of hydrogen-bond donors (Lipinski definition) is 1. The van der Waals surface area contributed by atoms with E-state index in [4.69, 9.17) is 9.47 Å². The normalized spacial score (nSPS) is 18.3. The molecule has 42 heavy (non-hydrogen) atoms. The van der Waals surface area contributed by atoms with E-state index in [1.807, 2.05) is 66.7 Å². The van der Waals surface area contributed by atoms with Crippen LogP contribution in [0.5, 0.6) is 11.5 Å². The molecule has 0 aromatic heterocycles. The number of carbonyl (C=O) groups is 1. The van der Waals surface area contributed by atoms with Crippen LogP contribution in [0, 0.1) is 5.82 Å². The van der Waals surface area contributed by atoms with E-state index in [1.165, 1.54) is 31.4 Å². The van der Waals surface area contributed by atoms with Crippen LogP contribution in [0.2, 0.25) is 0 Å². The van der Waals surface area contributed by atoms with Crippen molar-refractivity contribution >= 4 is 11.5 Å². The zero-order valence-electron chi connectivity index (χ0n) is 23.8. The van der Waals surface area contributed by atoms with E-state index in [-0.39, 0.29) is 11.6 Å². The Morgan fingerprint density at radius 2 is 1.67 bits per heavy atom. The van der Waals surface area contributed by atoms with Gasteiger partial charge in [0, 0.05) is 23.8 Å². The van der Waals surface area contributed by atoms with Crippen molar-refractivity contribution in [1.29, 1.82) is 0 Å². The van der Waals surface area contributed by atoms with Gasteiger partial charge in [-0.25, -0.2) is 4.39 Å². The Labute approximate surface area is 247 Å². The Morgan fingerprint density at radius 3 is 2.43 bits per heavy atom. The Bertz CT molecular complexity index is 1470. The minimum Gasteiger partial charge on any atom is -0.494 e. The molecule has 2 heterocycles. The van der Waals surface area contributed by atoms with Gasteiger partial charge in [-0.1, -0.05) is 42.8 Å². The predicted molar refractivity (Wildman–Crippen MR) is 164 cm³/mol. The van der Waals surface area contributed by atoms with E-state index >= 15 is 0 Å². The molecule has 2 atom stereocenters. The van der Waals surface area contributed by atoms with Crippen molar-refractivity contribution in [3.63, 3.8) is 0 Å². The Hall–Kier alpha value is -4.16. The molecule has 0 saturated carbocycles. The Kier molecular flexibility index (Phi) is 8.80. The molecule has 4 aromatic rings. The number of halogens is 1. The molecular formula is C36H37FN2O3. The first-order valence-electron chi connectivity index (χ1n) is 15.0. The van der Waals surface area contributed by atoms with Gasteiger partial charge in [0.2, 0.25) is 0 Å². The molecule has 216 valence electrons. The molecule has 1 N–H and O–H groups in total. The summed E-state index contributed by atoms with van der Waals surface area (Å²) in [6.07, 6.45) is 5.45. The van der Waals surface area contributed by atoms with E-state index in [1.54, 1.807) is 12.1 Å². The van der Waals surface area contributed by atoms with Gasteiger partial charge in [0.25, 0.3) is 0 Å². The van der Waals surface area contributed by atoms with E-state index in [0.29, 0.717) is 31.4 Å². The lowest BCUT2D eigenvalue weighted by atomic mass is 9.87. The van der Waals surface area contributed by atoms with Crippen LogP contribution in [0.1, 0.15) is 58.8 Å². The average molecular weight is 565 g/mol. The highest BCUT2D eigenvalue weighted by Gasteiger charge is 2.34. The zero-order chi connectivity index (χ0) is 28.7. The highest BCUT2D eigenvalue weighted by Crippen LogP contribution is 2.38. The van der Waals surface area contributed by atoms with Crippen LogP contribution in [0.15, 0.2) is 97.1 Å². The summed E-state index contributed by atoms with van der Waals surface area (Å²) < 4.78 is 25.9. The number of hydrogen-bond acceptors (Lipinski definition) is 5. The number of nitrogens with zero attached hydrogens (tertiary/aromatic N) is 1. The molecule has 4 aromatic carbocycles. The molecule has 2 aliphatic heterocycles. The smallest absolute Gasteiger partial charge is 0.189 e. The van der Waals surface area contributed by atoms with Crippen LogP contribution in [-0.4, -0.2) is 31.5 Å². The molecule has 2 aliphatic rings. The van der Waals surface area contributed by atoms with Crippen LogP contribution in [0.3, 0.4) is 0 Å². The Morgan fingerprint density at radius 1 is 0.881 bits per heavy atom. The van der Waals surface area contributed by atoms with E-state index in [0.717, 1.165) is 53.3 Å². The van der Waals surface area contributed by atoms with Gasteiger partial charge < -0.3 is 19.7 Å². The van der Waals surface area contributed by atoms with Gasteiger partial charge in [-0.15, -0.1) is 0 Å². The monoisotopic (exact) mass is 564 g/mol. The molecule has 0 radical (unpaired) electrons. The summed E-state index contributed by atoms with van der Waals surface area (Å²) in [7, 11) is 0. The zero-order valence-corrected chi connectivity index (χ0v) is 23.8. The minimum absolute atomic E-state index is 0.00353. The fourth-order valence-corrected chi connectivity index (χ4v) is 5.99. The van der Waals surface area contributed by atoms with Crippen molar-refractivity contribution in [1.82, 2.24) is 5.32 Å². The molecule has 6 rings (SSSR count). The number of carbonyl (C=O) groups excluding carboxylic acids is 1. The van der Waals surface area contributed by atoms with Gasteiger partial charge in [-0.3, -0.25) is 4.79 Å². The maximum absolute atomic E-state index is 14.1. The number of nitrogens with one attached hydrogen (secondary N) is 1. The lowest BCUT2D eigenvalue weighted by Gasteiger charge is -2.38. The maximum atomic E-state index is 14.1. The SMILES string of the molecule is O=C(c1ccc(OCCC2CCCCN2)cc1)C1c2ccc(OCc3ccccc3)cc2CCN1c1ccc(F)cc1. The third kappa shape index (κ3) is 6.66. The summed E-state index contributed by atoms with van der Waals surface area (Å²) in [5, 5.41) is 3.55. The molecule has 5 nitrogen and oxygen atoms in total.